The summed E-state index contributed by atoms with van der Waals surface area (Å²) in [5, 5.41) is 21.6. The number of nitrogens with one attached hydrogen (secondary N) is 1. The van der Waals surface area contributed by atoms with Gasteiger partial charge in [-0.15, -0.1) is 5.10 Å². The van der Waals surface area contributed by atoms with E-state index >= 15 is 0 Å². The Morgan fingerprint density at radius 3 is 2.93 bits per heavy atom. The number of carbonyl (C=O) groups is 1. The third kappa shape index (κ3) is 3.51. The van der Waals surface area contributed by atoms with Crippen LogP contribution in [0.3, 0.4) is 0 Å². The molecule has 78 valence electrons. The van der Waals surface area contributed by atoms with E-state index < -0.39 is 5.97 Å². The predicted molar refractivity (Wildman–Crippen MR) is 54.1 cm³/mol. The molecule has 0 radical (unpaired) electrons. The molecule has 0 bridgehead atoms. The van der Waals surface area contributed by atoms with Crippen LogP contribution >= 0.6 is 0 Å². The summed E-state index contributed by atoms with van der Waals surface area (Å²) in [5.41, 5.74) is 0.612. The van der Waals surface area contributed by atoms with Crippen LogP contribution in [0.2, 0.25) is 0 Å². The van der Waals surface area contributed by atoms with E-state index in [0.717, 1.165) is 0 Å². The molecule has 0 fully saturated rings. The Morgan fingerprint density at radius 2 is 2.40 bits per heavy atom. The van der Waals surface area contributed by atoms with Crippen LogP contribution in [0, 0.1) is 0 Å². The van der Waals surface area contributed by atoms with Crippen molar-refractivity contribution in [1.82, 2.24) is 4.98 Å². The minimum Gasteiger partial charge on any atom is -0.477 e. The monoisotopic (exact) mass is 207 g/mol. The summed E-state index contributed by atoms with van der Waals surface area (Å²) >= 11 is 0. The zero-order chi connectivity index (χ0) is 11.1. The lowest BCUT2D eigenvalue weighted by Gasteiger charge is -1.98. The molecule has 1 aromatic rings. The van der Waals surface area contributed by atoms with Gasteiger partial charge in [-0.3, -0.25) is 0 Å². The molecule has 1 heterocycles. The SMILES string of the molecule is C/N=N\N=C/Nc1ccc(C(=O)O)nc1. The van der Waals surface area contributed by atoms with Gasteiger partial charge in [-0.25, -0.2) is 9.78 Å². The van der Waals surface area contributed by atoms with E-state index in [2.05, 4.69) is 25.7 Å². The Kier molecular flexibility index (Phi) is 3.90. The quantitative estimate of drug-likeness (QED) is 0.335. The third-order valence-corrected chi connectivity index (χ3v) is 1.41. The molecule has 0 spiro atoms. The molecule has 1 aromatic heterocycles. The van der Waals surface area contributed by atoms with Crippen molar-refractivity contribution in [2.24, 2.45) is 15.4 Å². The van der Waals surface area contributed by atoms with Crippen molar-refractivity contribution < 1.29 is 9.90 Å². The molecule has 0 aliphatic carbocycles. The fourth-order valence-corrected chi connectivity index (χ4v) is 0.787. The Morgan fingerprint density at radius 1 is 1.60 bits per heavy atom. The largest absolute Gasteiger partial charge is 0.477 e. The molecule has 0 aliphatic rings. The van der Waals surface area contributed by atoms with Crippen molar-refractivity contribution in [3.05, 3.63) is 24.0 Å². The van der Waals surface area contributed by atoms with Crippen LogP contribution in [0.5, 0.6) is 0 Å². The Labute approximate surface area is 85.6 Å². The van der Waals surface area contributed by atoms with E-state index in [1.807, 2.05) is 0 Å². The van der Waals surface area contributed by atoms with Crippen LogP contribution in [0.4, 0.5) is 5.69 Å². The van der Waals surface area contributed by atoms with Gasteiger partial charge in [0, 0.05) is 0 Å². The number of nitrogens with zero attached hydrogens (tertiary/aromatic N) is 4. The van der Waals surface area contributed by atoms with Crippen LogP contribution < -0.4 is 5.32 Å². The molecule has 0 unspecified atom stereocenters. The summed E-state index contributed by atoms with van der Waals surface area (Å²) in [5.74, 6) is -1.06. The molecule has 0 atom stereocenters. The van der Waals surface area contributed by atoms with Gasteiger partial charge in [0.2, 0.25) is 0 Å². The maximum Gasteiger partial charge on any atom is 0.354 e. The van der Waals surface area contributed by atoms with Crippen LogP contribution in [0.25, 0.3) is 0 Å². The summed E-state index contributed by atoms with van der Waals surface area (Å²) in [6, 6.07) is 2.96. The molecular weight excluding hydrogens is 198 g/mol. The minimum atomic E-state index is -1.06. The first-order valence-corrected chi connectivity index (χ1v) is 4.00. The van der Waals surface area contributed by atoms with E-state index in [4.69, 9.17) is 5.11 Å². The Hall–Kier alpha value is -2.31. The second-order valence-corrected chi connectivity index (χ2v) is 2.42. The van der Waals surface area contributed by atoms with Gasteiger partial charge >= 0.3 is 5.97 Å². The average Bonchev–Trinajstić information content (AvgIpc) is 2.25. The van der Waals surface area contributed by atoms with Gasteiger partial charge in [-0.05, 0) is 17.4 Å². The molecule has 0 aliphatic heterocycles. The van der Waals surface area contributed by atoms with E-state index in [-0.39, 0.29) is 5.69 Å². The smallest absolute Gasteiger partial charge is 0.354 e. The van der Waals surface area contributed by atoms with Crippen LogP contribution in [-0.4, -0.2) is 29.4 Å². The van der Waals surface area contributed by atoms with Crippen LogP contribution in [-0.2, 0) is 0 Å². The van der Waals surface area contributed by atoms with Gasteiger partial charge in [-0.2, -0.15) is 5.11 Å². The fraction of sp³-hybridized carbons (Fsp3) is 0.125. The van der Waals surface area contributed by atoms with Gasteiger partial charge < -0.3 is 10.4 Å². The number of rotatable bonds is 4. The molecule has 0 aromatic carbocycles. The lowest BCUT2D eigenvalue weighted by atomic mass is 10.3. The van der Waals surface area contributed by atoms with Crippen molar-refractivity contribution in [3.63, 3.8) is 0 Å². The predicted octanol–water partition coefficient (Wildman–Crippen LogP) is 1.22. The zero-order valence-corrected chi connectivity index (χ0v) is 7.95. The molecular formula is C8H9N5O2. The van der Waals surface area contributed by atoms with Gasteiger partial charge in [0.05, 0.1) is 18.9 Å². The first-order valence-electron chi connectivity index (χ1n) is 4.00. The number of pyridine rings is 1. The third-order valence-electron chi connectivity index (χ3n) is 1.41. The topological polar surface area (TPSA) is 99.3 Å². The van der Waals surface area contributed by atoms with Crippen LogP contribution in [0.15, 0.2) is 33.8 Å². The number of aromatic carboxylic acids is 1. The van der Waals surface area contributed by atoms with Crippen molar-refractivity contribution in [1.29, 1.82) is 0 Å². The van der Waals surface area contributed by atoms with Gasteiger partial charge in [-0.1, -0.05) is 0 Å². The van der Waals surface area contributed by atoms with Crippen molar-refractivity contribution >= 4 is 18.0 Å². The molecule has 7 heteroatoms. The van der Waals surface area contributed by atoms with E-state index in [9.17, 15) is 4.79 Å². The highest BCUT2D eigenvalue weighted by Crippen LogP contribution is 2.04. The summed E-state index contributed by atoms with van der Waals surface area (Å²) in [7, 11) is 1.50. The fourth-order valence-electron chi connectivity index (χ4n) is 0.787. The second kappa shape index (κ2) is 5.43. The molecule has 0 saturated carbocycles. The van der Waals surface area contributed by atoms with Crippen molar-refractivity contribution in [3.8, 4) is 0 Å². The highest BCUT2D eigenvalue weighted by atomic mass is 16.4. The van der Waals surface area contributed by atoms with Crippen molar-refractivity contribution in [2.75, 3.05) is 12.4 Å². The number of aromatic nitrogens is 1. The standard InChI is InChI=1S/C8H9N5O2/c1-9-13-12-5-11-6-2-3-7(8(14)15)10-4-6/h2-5H,1H3,(H,14,15)(H,9,11,12). The van der Waals surface area contributed by atoms with Crippen LogP contribution in [0.1, 0.15) is 10.5 Å². The lowest BCUT2D eigenvalue weighted by molar-refractivity contribution is 0.0690. The number of anilines is 1. The first kappa shape index (κ1) is 10.8. The second-order valence-electron chi connectivity index (χ2n) is 2.42. The molecule has 2 N–H and O–H groups in total. The minimum absolute atomic E-state index is 0.00858. The highest BCUT2D eigenvalue weighted by Gasteiger charge is 2.02. The molecule has 1 rings (SSSR count). The van der Waals surface area contributed by atoms with E-state index in [0.29, 0.717) is 5.69 Å². The average molecular weight is 207 g/mol. The van der Waals surface area contributed by atoms with Gasteiger partial charge in [0.25, 0.3) is 0 Å². The van der Waals surface area contributed by atoms with Gasteiger partial charge in [0.15, 0.2) is 0 Å². The zero-order valence-electron chi connectivity index (χ0n) is 7.95. The van der Waals surface area contributed by atoms with E-state index in [1.54, 1.807) is 6.07 Å². The summed E-state index contributed by atoms with van der Waals surface area (Å²) in [4.78, 5) is 14.2. The molecule has 0 amide bonds. The number of hydrogen-bond donors (Lipinski definition) is 2. The normalized spacial score (nSPS) is 11.0. The molecule has 0 saturated heterocycles. The number of carboxylic acid groups (broad SMARTS) is 1. The lowest BCUT2D eigenvalue weighted by Crippen LogP contribution is -2.01. The highest BCUT2D eigenvalue weighted by molar-refractivity contribution is 5.86. The number of carboxylic acids is 1. The summed E-state index contributed by atoms with van der Waals surface area (Å²) in [6.45, 7) is 0. The number of hydrogen-bond acceptors (Lipinski definition) is 4. The summed E-state index contributed by atoms with van der Waals surface area (Å²) in [6.07, 6.45) is 2.71. The van der Waals surface area contributed by atoms with Crippen molar-refractivity contribution in [2.45, 2.75) is 0 Å². The van der Waals surface area contributed by atoms with Gasteiger partial charge in [0.1, 0.15) is 12.0 Å². The maximum absolute atomic E-state index is 10.5. The van der Waals surface area contributed by atoms with E-state index in [1.165, 1.54) is 25.6 Å². The molecule has 7 nitrogen and oxygen atoms in total. The Balaban J connectivity index is 2.61. The molecule has 15 heavy (non-hydrogen) atoms. The Bertz CT molecular complexity index is 385. The summed E-state index contributed by atoms with van der Waals surface area (Å²) < 4.78 is 0. The first-order chi connectivity index (χ1) is 7.24. The maximum atomic E-state index is 10.5.